The second-order valence-electron chi connectivity index (χ2n) is 6.07. The monoisotopic (exact) mass is 397 g/mol. The van der Waals surface area contributed by atoms with Gasteiger partial charge in [-0.05, 0) is 31.5 Å². The van der Waals surface area contributed by atoms with Gasteiger partial charge in [0.2, 0.25) is 5.91 Å². The molecule has 0 spiro atoms. The van der Waals surface area contributed by atoms with E-state index in [1.807, 2.05) is 42.7 Å². The Balaban J connectivity index is 1.64. The number of hydrogen-bond donors (Lipinski definition) is 1. The van der Waals surface area contributed by atoms with Crippen LogP contribution in [0.15, 0.2) is 53.7 Å². The number of rotatable bonds is 7. The van der Waals surface area contributed by atoms with Gasteiger partial charge in [-0.25, -0.2) is 0 Å². The Morgan fingerprint density at radius 2 is 1.86 bits per heavy atom. The number of nitro groups is 1. The molecule has 2 aromatic carbocycles. The first-order valence-electron chi connectivity index (χ1n) is 8.61. The normalized spacial score (nSPS) is 10.6. The number of aromatic nitrogens is 3. The molecule has 0 atom stereocenters. The number of nitro benzene ring substituents is 1. The maximum atomic E-state index is 12.2. The molecule has 0 saturated carbocycles. The summed E-state index contributed by atoms with van der Waals surface area (Å²) in [4.78, 5) is 22.7. The summed E-state index contributed by atoms with van der Waals surface area (Å²) in [5.41, 5.74) is 2.16. The highest BCUT2D eigenvalue weighted by Crippen LogP contribution is 2.26. The Kier molecular flexibility index (Phi) is 6.05. The van der Waals surface area contributed by atoms with Gasteiger partial charge in [-0.1, -0.05) is 42.1 Å². The lowest BCUT2D eigenvalue weighted by Crippen LogP contribution is -2.13. The molecule has 3 aromatic rings. The molecule has 28 heavy (non-hydrogen) atoms. The third kappa shape index (κ3) is 4.37. The van der Waals surface area contributed by atoms with Gasteiger partial charge < -0.3 is 5.32 Å². The molecule has 3 rings (SSSR count). The Morgan fingerprint density at radius 3 is 2.61 bits per heavy atom. The molecule has 1 heterocycles. The van der Waals surface area contributed by atoms with Crippen molar-refractivity contribution in [2.45, 2.75) is 25.4 Å². The number of benzene rings is 2. The van der Waals surface area contributed by atoms with E-state index in [0.717, 1.165) is 17.1 Å². The van der Waals surface area contributed by atoms with Gasteiger partial charge in [-0.15, -0.1) is 10.2 Å². The summed E-state index contributed by atoms with van der Waals surface area (Å²) in [6, 6.07) is 14.0. The molecule has 0 fully saturated rings. The van der Waals surface area contributed by atoms with Crippen molar-refractivity contribution >= 4 is 29.0 Å². The third-order valence-electron chi connectivity index (χ3n) is 4.09. The van der Waals surface area contributed by atoms with E-state index in [0.29, 0.717) is 10.9 Å². The zero-order valence-electron chi connectivity index (χ0n) is 15.5. The summed E-state index contributed by atoms with van der Waals surface area (Å²) in [5, 5.41) is 22.7. The average molecular weight is 397 g/mol. The highest BCUT2D eigenvalue weighted by Gasteiger charge is 2.16. The Bertz CT molecular complexity index is 1020. The van der Waals surface area contributed by atoms with Gasteiger partial charge in [0.25, 0.3) is 5.69 Å². The number of nitrogens with zero attached hydrogens (tertiary/aromatic N) is 4. The molecule has 1 N–H and O–H groups in total. The van der Waals surface area contributed by atoms with Crippen LogP contribution in [0.25, 0.3) is 5.69 Å². The predicted molar refractivity (Wildman–Crippen MR) is 108 cm³/mol. The SMILES string of the molecule is Cc1ccccc1-n1c(C)nnc1SCCC(=O)Nc1ccccc1[N+](=O)[O-]. The van der Waals surface area contributed by atoms with Gasteiger partial charge in [0, 0.05) is 18.2 Å². The molecule has 0 bridgehead atoms. The van der Waals surface area contributed by atoms with Crippen LogP contribution in [0.5, 0.6) is 0 Å². The summed E-state index contributed by atoms with van der Waals surface area (Å²) >= 11 is 1.42. The first kappa shape index (κ1) is 19.6. The van der Waals surface area contributed by atoms with Crippen LogP contribution in [0.2, 0.25) is 0 Å². The van der Waals surface area contributed by atoms with Crippen molar-refractivity contribution in [3.63, 3.8) is 0 Å². The van der Waals surface area contributed by atoms with E-state index in [4.69, 9.17) is 0 Å². The van der Waals surface area contributed by atoms with E-state index in [-0.39, 0.29) is 23.7 Å². The molecule has 0 saturated heterocycles. The number of thioether (sulfide) groups is 1. The van der Waals surface area contributed by atoms with Crippen molar-refractivity contribution in [3.05, 3.63) is 70.0 Å². The van der Waals surface area contributed by atoms with Crippen LogP contribution in [0.1, 0.15) is 17.8 Å². The fourth-order valence-electron chi connectivity index (χ4n) is 2.71. The Morgan fingerprint density at radius 1 is 1.14 bits per heavy atom. The summed E-state index contributed by atoms with van der Waals surface area (Å²) in [6.45, 7) is 3.90. The van der Waals surface area contributed by atoms with Crippen LogP contribution in [0, 0.1) is 24.0 Å². The molecule has 1 amide bonds. The molecule has 144 valence electrons. The van der Waals surface area contributed by atoms with Gasteiger partial charge in [0.1, 0.15) is 11.5 Å². The molecule has 9 heteroatoms. The predicted octanol–water partition coefficient (Wildman–Crippen LogP) is 3.91. The lowest BCUT2D eigenvalue weighted by molar-refractivity contribution is -0.383. The standard InChI is InChI=1S/C19H19N5O3S/c1-13-7-3-5-9-16(13)23-14(2)21-22-19(23)28-12-11-18(25)20-15-8-4-6-10-17(15)24(26)27/h3-10H,11-12H2,1-2H3,(H,20,25). The van der Waals surface area contributed by atoms with E-state index in [1.54, 1.807) is 12.1 Å². The van der Waals surface area contributed by atoms with E-state index >= 15 is 0 Å². The maximum Gasteiger partial charge on any atom is 0.292 e. The van der Waals surface area contributed by atoms with E-state index in [2.05, 4.69) is 15.5 Å². The van der Waals surface area contributed by atoms with Crippen LogP contribution in [-0.2, 0) is 4.79 Å². The van der Waals surface area contributed by atoms with Crippen molar-refractivity contribution in [3.8, 4) is 5.69 Å². The topological polar surface area (TPSA) is 103 Å². The third-order valence-corrected chi connectivity index (χ3v) is 5.02. The van der Waals surface area contributed by atoms with Gasteiger partial charge >= 0.3 is 0 Å². The van der Waals surface area contributed by atoms with Crippen LogP contribution in [-0.4, -0.2) is 31.3 Å². The molecule has 1 aromatic heterocycles. The highest BCUT2D eigenvalue weighted by molar-refractivity contribution is 7.99. The highest BCUT2D eigenvalue weighted by atomic mass is 32.2. The van der Waals surface area contributed by atoms with Crippen molar-refractivity contribution in [1.82, 2.24) is 14.8 Å². The first-order valence-corrected chi connectivity index (χ1v) is 9.60. The number of anilines is 1. The molecular formula is C19H19N5O3S. The van der Waals surface area contributed by atoms with Gasteiger partial charge in [0.15, 0.2) is 5.16 Å². The van der Waals surface area contributed by atoms with Gasteiger partial charge in [-0.2, -0.15) is 0 Å². The molecule has 0 aliphatic carbocycles. The molecule has 0 radical (unpaired) electrons. The number of hydrogen-bond acceptors (Lipinski definition) is 6. The minimum absolute atomic E-state index is 0.126. The lowest BCUT2D eigenvalue weighted by Gasteiger charge is -2.11. The zero-order chi connectivity index (χ0) is 20.1. The van der Waals surface area contributed by atoms with Crippen molar-refractivity contribution in [1.29, 1.82) is 0 Å². The quantitative estimate of drug-likeness (QED) is 0.368. The summed E-state index contributed by atoms with van der Waals surface area (Å²) in [5.74, 6) is 0.942. The number of nitrogens with one attached hydrogen (secondary N) is 1. The molecular weight excluding hydrogens is 378 g/mol. The Hall–Kier alpha value is -3.20. The summed E-state index contributed by atoms with van der Waals surface area (Å²) in [7, 11) is 0. The fraction of sp³-hybridized carbons (Fsp3) is 0.211. The molecule has 0 aliphatic rings. The average Bonchev–Trinajstić information content (AvgIpc) is 3.03. The van der Waals surface area contributed by atoms with Crippen LogP contribution >= 0.6 is 11.8 Å². The minimum Gasteiger partial charge on any atom is -0.320 e. The Labute approximate surface area is 166 Å². The number of carbonyl (C=O) groups excluding carboxylic acids is 1. The molecule has 0 unspecified atom stereocenters. The second-order valence-corrected chi connectivity index (χ2v) is 7.13. The van der Waals surface area contributed by atoms with Crippen LogP contribution < -0.4 is 5.32 Å². The van der Waals surface area contributed by atoms with Crippen molar-refractivity contribution in [2.24, 2.45) is 0 Å². The van der Waals surface area contributed by atoms with Crippen molar-refractivity contribution < 1.29 is 9.72 Å². The summed E-state index contributed by atoms with van der Waals surface area (Å²) < 4.78 is 1.96. The van der Waals surface area contributed by atoms with Crippen LogP contribution in [0.4, 0.5) is 11.4 Å². The van der Waals surface area contributed by atoms with E-state index < -0.39 is 4.92 Å². The minimum atomic E-state index is -0.516. The number of amides is 1. The largest absolute Gasteiger partial charge is 0.320 e. The number of para-hydroxylation sites is 3. The summed E-state index contributed by atoms with van der Waals surface area (Å²) in [6.07, 6.45) is 0.191. The van der Waals surface area contributed by atoms with Crippen molar-refractivity contribution in [2.75, 3.05) is 11.1 Å². The smallest absolute Gasteiger partial charge is 0.292 e. The molecule has 8 nitrogen and oxygen atoms in total. The molecule has 0 aliphatic heterocycles. The second kappa shape index (κ2) is 8.66. The maximum absolute atomic E-state index is 12.2. The number of aryl methyl sites for hydroxylation is 2. The lowest BCUT2D eigenvalue weighted by atomic mass is 10.2. The van der Waals surface area contributed by atoms with Gasteiger partial charge in [0.05, 0.1) is 10.6 Å². The zero-order valence-corrected chi connectivity index (χ0v) is 16.3. The van der Waals surface area contributed by atoms with E-state index in [9.17, 15) is 14.9 Å². The number of carbonyl (C=O) groups is 1. The first-order chi connectivity index (χ1) is 13.5. The van der Waals surface area contributed by atoms with E-state index in [1.165, 1.54) is 23.9 Å². The fourth-order valence-corrected chi connectivity index (χ4v) is 3.64. The van der Waals surface area contributed by atoms with Crippen LogP contribution in [0.3, 0.4) is 0 Å². The van der Waals surface area contributed by atoms with Gasteiger partial charge in [-0.3, -0.25) is 19.5 Å².